The number of hydrogen-bond donors (Lipinski definition) is 4. The van der Waals surface area contributed by atoms with Crippen LogP contribution in [0.4, 0.5) is 0 Å². The number of nitrogens with one attached hydrogen (secondary N) is 2. The number of rotatable bonds is 11. The number of aromatic nitrogens is 1. The van der Waals surface area contributed by atoms with E-state index in [2.05, 4.69) is 19.9 Å². The number of aliphatic carboxylic acids is 1. The minimum absolute atomic E-state index is 0.0116. The summed E-state index contributed by atoms with van der Waals surface area (Å²) in [5.74, 6) is -1.95. The molecule has 0 radical (unpaired) electrons. The van der Waals surface area contributed by atoms with Crippen molar-refractivity contribution in [3.63, 3.8) is 0 Å². The summed E-state index contributed by atoms with van der Waals surface area (Å²) in [6.45, 7) is 5.00. The van der Waals surface area contributed by atoms with Crippen molar-refractivity contribution < 1.29 is 27.9 Å². The third kappa shape index (κ3) is 7.33. The lowest BCUT2D eigenvalue weighted by Crippen LogP contribution is -2.49. The molecule has 0 aliphatic carbocycles. The van der Waals surface area contributed by atoms with E-state index in [-0.39, 0.29) is 29.7 Å². The third-order valence-corrected chi connectivity index (χ3v) is 8.20. The van der Waals surface area contributed by atoms with E-state index < -0.39 is 34.5 Å². The molecule has 0 bridgehead atoms. The Morgan fingerprint density at radius 1 is 1.24 bits per heavy atom. The summed E-state index contributed by atoms with van der Waals surface area (Å²) in [6.07, 6.45) is 2.06. The highest BCUT2D eigenvalue weighted by Gasteiger charge is 2.35. The monoisotopic (exact) mass is 533 g/mol. The van der Waals surface area contributed by atoms with Crippen molar-refractivity contribution in [1.82, 2.24) is 19.9 Å². The number of carboxylic acid groups (broad SMARTS) is 1. The van der Waals surface area contributed by atoms with Gasteiger partial charge in [0.25, 0.3) is 0 Å². The van der Waals surface area contributed by atoms with Gasteiger partial charge in [0.15, 0.2) is 0 Å². The van der Waals surface area contributed by atoms with E-state index in [1.54, 1.807) is 32.2 Å². The van der Waals surface area contributed by atoms with Gasteiger partial charge < -0.3 is 20.9 Å². The molecule has 1 aromatic heterocycles. The number of nitrogens with zero attached hydrogens (tertiary/aromatic N) is 2. The van der Waals surface area contributed by atoms with Gasteiger partial charge in [0, 0.05) is 25.3 Å². The van der Waals surface area contributed by atoms with Crippen molar-refractivity contribution in [3.8, 4) is 0 Å². The van der Waals surface area contributed by atoms with Crippen LogP contribution < -0.4 is 15.8 Å². The van der Waals surface area contributed by atoms with E-state index in [1.165, 1.54) is 0 Å². The number of aryl methyl sites for hydroxylation is 3. The van der Waals surface area contributed by atoms with Crippen LogP contribution >= 0.6 is 0 Å². The molecule has 1 aliphatic rings. The summed E-state index contributed by atoms with van der Waals surface area (Å²) in [7, 11) is -2.21. The molecule has 2 heterocycles. The third-order valence-electron chi connectivity index (χ3n) is 6.43. The number of likely N-dealkylation sites (N-methyl/N-ethyl adjacent to an activating group) is 1. The number of benzene rings is 1. The van der Waals surface area contributed by atoms with E-state index in [0.29, 0.717) is 24.1 Å². The van der Waals surface area contributed by atoms with Crippen molar-refractivity contribution in [2.24, 2.45) is 5.73 Å². The molecule has 1 fully saturated rings. The van der Waals surface area contributed by atoms with Crippen molar-refractivity contribution in [3.05, 3.63) is 58.9 Å². The van der Waals surface area contributed by atoms with E-state index >= 15 is 0 Å². The summed E-state index contributed by atoms with van der Waals surface area (Å²) in [5, 5.41) is 12.0. The number of nitrogens with two attached hydrogens (primary N) is 1. The molecule has 1 saturated heterocycles. The Morgan fingerprint density at radius 2 is 1.92 bits per heavy atom. The Morgan fingerprint density at radius 3 is 2.51 bits per heavy atom. The molecule has 2 aromatic rings. The van der Waals surface area contributed by atoms with Gasteiger partial charge in [-0.05, 0) is 57.5 Å². The Bertz CT molecular complexity index is 1200. The van der Waals surface area contributed by atoms with Gasteiger partial charge in [0.05, 0.1) is 22.7 Å². The largest absolute Gasteiger partial charge is 0.480 e. The number of carbonyl (C=O) groups is 2. The van der Waals surface area contributed by atoms with Crippen LogP contribution in [0.1, 0.15) is 34.8 Å². The number of likely N-dealkylation sites (tertiary alicyclic amines) is 1. The standard InChI is InChI=1S/C25H35N5O6S/c1-15-9-16(2)24(17(3)10-15)37(34,35)29-20(25(32)33)12-28-22(31)14-36-18-11-21(30(4)13-18)23(26)19-7-5-6-8-27-19/h5-10,18,20-21,23,29H,11-14,26H2,1-4H3,(H,28,31)(H,32,33). The zero-order chi connectivity index (χ0) is 27.3. The first-order valence-electron chi connectivity index (χ1n) is 12.0. The normalized spacial score (nSPS) is 19.9. The van der Waals surface area contributed by atoms with Gasteiger partial charge in [-0.3, -0.25) is 19.5 Å². The van der Waals surface area contributed by atoms with Gasteiger partial charge >= 0.3 is 5.97 Å². The summed E-state index contributed by atoms with van der Waals surface area (Å²) in [5.41, 5.74) is 9.07. The molecule has 3 rings (SSSR count). The van der Waals surface area contributed by atoms with Crippen LogP contribution in [0, 0.1) is 20.8 Å². The molecule has 1 amide bonds. The van der Waals surface area contributed by atoms with Gasteiger partial charge in [0.2, 0.25) is 15.9 Å². The number of ether oxygens (including phenoxy) is 1. The van der Waals surface area contributed by atoms with Gasteiger partial charge in [-0.2, -0.15) is 4.72 Å². The quantitative estimate of drug-likeness (QED) is 0.324. The molecule has 1 aromatic carbocycles. The highest BCUT2D eigenvalue weighted by Crippen LogP contribution is 2.27. The molecular formula is C25H35N5O6S. The lowest BCUT2D eigenvalue weighted by atomic mass is 10.0. The number of hydrogen-bond acceptors (Lipinski definition) is 8. The molecular weight excluding hydrogens is 498 g/mol. The number of pyridine rings is 1. The highest BCUT2D eigenvalue weighted by atomic mass is 32.2. The Kier molecular flexibility index (Phi) is 9.37. The first-order chi connectivity index (χ1) is 17.4. The van der Waals surface area contributed by atoms with E-state index in [9.17, 15) is 23.1 Å². The first-order valence-corrected chi connectivity index (χ1v) is 13.5. The van der Waals surface area contributed by atoms with Crippen molar-refractivity contribution in [2.75, 3.05) is 26.7 Å². The van der Waals surface area contributed by atoms with Crippen LogP contribution in [0.5, 0.6) is 0 Å². The fourth-order valence-electron chi connectivity index (χ4n) is 4.77. The lowest BCUT2D eigenvalue weighted by molar-refractivity contribution is -0.139. The molecule has 5 N–H and O–H groups in total. The summed E-state index contributed by atoms with van der Waals surface area (Å²) >= 11 is 0. The smallest absolute Gasteiger partial charge is 0.323 e. The van der Waals surface area contributed by atoms with Crippen LogP contribution in [-0.2, 0) is 24.3 Å². The summed E-state index contributed by atoms with van der Waals surface area (Å²) in [4.78, 5) is 30.5. The number of sulfonamides is 1. The maximum Gasteiger partial charge on any atom is 0.323 e. The van der Waals surface area contributed by atoms with Gasteiger partial charge in [-0.15, -0.1) is 0 Å². The second-order valence-electron chi connectivity index (χ2n) is 9.50. The summed E-state index contributed by atoms with van der Waals surface area (Å²) in [6, 6.07) is 7.13. The van der Waals surface area contributed by atoms with Crippen LogP contribution in [0.25, 0.3) is 0 Å². The Balaban J connectivity index is 1.53. The Labute approximate surface area is 217 Å². The number of carboxylic acids is 1. The maximum atomic E-state index is 12.9. The van der Waals surface area contributed by atoms with Gasteiger partial charge in [-0.1, -0.05) is 23.8 Å². The van der Waals surface area contributed by atoms with E-state index in [4.69, 9.17) is 10.5 Å². The van der Waals surface area contributed by atoms with Crippen molar-refractivity contribution in [2.45, 2.75) is 56.3 Å². The van der Waals surface area contributed by atoms with Crippen LogP contribution in [0.2, 0.25) is 0 Å². The Hall–Kier alpha value is -2.90. The van der Waals surface area contributed by atoms with Crippen LogP contribution in [0.15, 0.2) is 41.4 Å². The molecule has 0 spiro atoms. The molecule has 4 unspecified atom stereocenters. The first kappa shape index (κ1) is 28.7. The second-order valence-corrected chi connectivity index (χ2v) is 11.2. The van der Waals surface area contributed by atoms with Crippen molar-refractivity contribution in [1.29, 1.82) is 0 Å². The van der Waals surface area contributed by atoms with Gasteiger partial charge in [-0.25, -0.2) is 8.42 Å². The van der Waals surface area contributed by atoms with E-state index in [1.807, 2.05) is 32.2 Å². The topological polar surface area (TPSA) is 164 Å². The fourth-order valence-corrected chi connectivity index (χ4v) is 6.41. The lowest BCUT2D eigenvalue weighted by Gasteiger charge is -2.25. The molecule has 1 aliphatic heterocycles. The SMILES string of the molecule is Cc1cc(C)c(S(=O)(=O)NC(CNC(=O)COC2CC(C(N)c3ccccn3)N(C)C2)C(=O)O)c(C)c1. The molecule has 12 heteroatoms. The number of amides is 1. The van der Waals surface area contributed by atoms with Crippen LogP contribution in [0.3, 0.4) is 0 Å². The van der Waals surface area contributed by atoms with Gasteiger partial charge in [0.1, 0.15) is 12.6 Å². The predicted octanol–water partition coefficient (Wildman–Crippen LogP) is 0.644. The minimum Gasteiger partial charge on any atom is -0.480 e. The zero-order valence-corrected chi connectivity index (χ0v) is 22.3. The second kappa shape index (κ2) is 12.1. The number of carbonyl (C=O) groups excluding carboxylic acids is 1. The molecule has 11 nitrogen and oxygen atoms in total. The molecule has 4 atom stereocenters. The fraction of sp³-hybridized carbons (Fsp3) is 0.480. The van der Waals surface area contributed by atoms with Crippen molar-refractivity contribution >= 4 is 21.9 Å². The average molecular weight is 534 g/mol. The molecule has 37 heavy (non-hydrogen) atoms. The average Bonchev–Trinajstić information content (AvgIpc) is 3.19. The highest BCUT2D eigenvalue weighted by molar-refractivity contribution is 7.89. The van der Waals surface area contributed by atoms with Crippen LogP contribution in [-0.4, -0.2) is 80.2 Å². The van der Waals surface area contributed by atoms with E-state index in [0.717, 1.165) is 11.3 Å². The predicted molar refractivity (Wildman–Crippen MR) is 137 cm³/mol. The molecule has 202 valence electrons. The molecule has 0 saturated carbocycles. The summed E-state index contributed by atoms with van der Waals surface area (Å²) < 4.78 is 33.8. The maximum absolute atomic E-state index is 12.9. The minimum atomic E-state index is -4.14. The zero-order valence-electron chi connectivity index (χ0n) is 21.5.